The molecule has 0 unspecified atom stereocenters. The van der Waals surface area contributed by atoms with E-state index < -0.39 is 0 Å². The molecule has 0 saturated carbocycles. The lowest BCUT2D eigenvalue weighted by Crippen LogP contribution is -2.49. The summed E-state index contributed by atoms with van der Waals surface area (Å²) < 4.78 is 5.25. The van der Waals surface area contributed by atoms with Crippen molar-refractivity contribution in [3.05, 3.63) is 29.8 Å². The van der Waals surface area contributed by atoms with Crippen molar-refractivity contribution in [1.29, 1.82) is 0 Å². The van der Waals surface area contributed by atoms with Gasteiger partial charge in [-0.1, -0.05) is 12.1 Å². The number of hydrogen-bond acceptors (Lipinski definition) is 6. The molecule has 3 saturated heterocycles. The number of benzene rings is 1. The van der Waals surface area contributed by atoms with Crippen molar-refractivity contribution in [1.82, 2.24) is 20.0 Å². The van der Waals surface area contributed by atoms with Crippen molar-refractivity contribution >= 4 is 11.8 Å². The van der Waals surface area contributed by atoms with Gasteiger partial charge in [0.2, 0.25) is 11.8 Å². The fourth-order valence-corrected chi connectivity index (χ4v) is 5.36. The summed E-state index contributed by atoms with van der Waals surface area (Å²) in [4.78, 5) is 32.1. The Kier molecular flexibility index (Phi) is 7.33. The maximum absolute atomic E-state index is 13.0. The number of aliphatic hydroxyl groups excluding tert-OH is 1. The molecule has 0 bridgehead atoms. The molecule has 1 aromatic carbocycles. The Balaban J connectivity index is 1.35. The Morgan fingerprint density at radius 3 is 2.56 bits per heavy atom. The van der Waals surface area contributed by atoms with E-state index in [4.69, 9.17) is 4.74 Å². The normalized spacial score (nSPS) is 27.7. The van der Waals surface area contributed by atoms with Crippen LogP contribution in [0.3, 0.4) is 0 Å². The van der Waals surface area contributed by atoms with E-state index in [0.29, 0.717) is 38.9 Å². The quantitative estimate of drug-likeness (QED) is 0.676. The molecule has 32 heavy (non-hydrogen) atoms. The molecule has 8 heteroatoms. The average molecular weight is 445 g/mol. The number of ether oxygens (including phenoxy) is 1. The molecule has 2 amide bonds. The number of methoxy groups -OCH3 is 1. The van der Waals surface area contributed by atoms with Crippen LogP contribution in [-0.2, 0) is 16.1 Å². The number of aliphatic hydroxyl groups is 1. The summed E-state index contributed by atoms with van der Waals surface area (Å²) in [6.45, 7) is 3.46. The molecule has 4 rings (SSSR count). The molecule has 3 aliphatic heterocycles. The molecule has 0 spiro atoms. The minimum Gasteiger partial charge on any atom is -0.497 e. The third-order valence-electron chi connectivity index (χ3n) is 7.40. The maximum Gasteiger partial charge on any atom is 0.239 e. The van der Waals surface area contributed by atoms with Crippen LogP contribution in [0.1, 0.15) is 37.7 Å². The first kappa shape index (κ1) is 23.0. The number of amides is 2. The summed E-state index contributed by atoms with van der Waals surface area (Å²) in [6.07, 6.45) is 3.21. The second-order valence-corrected chi connectivity index (χ2v) is 9.33. The van der Waals surface area contributed by atoms with Crippen molar-refractivity contribution in [2.24, 2.45) is 0 Å². The number of nitrogens with one attached hydrogen (secondary N) is 1. The van der Waals surface area contributed by atoms with Crippen LogP contribution in [0.15, 0.2) is 24.3 Å². The second-order valence-electron chi connectivity index (χ2n) is 9.33. The van der Waals surface area contributed by atoms with Crippen molar-refractivity contribution < 1.29 is 19.4 Å². The first-order valence-electron chi connectivity index (χ1n) is 11.8. The van der Waals surface area contributed by atoms with Crippen LogP contribution in [0.4, 0.5) is 0 Å². The molecule has 3 atom stereocenters. The molecule has 3 fully saturated rings. The molecule has 0 aromatic heterocycles. The van der Waals surface area contributed by atoms with E-state index >= 15 is 0 Å². The number of rotatable bonds is 6. The molecule has 3 heterocycles. The van der Waals surface area contributed by atoms with E-state index in [-0.39, 0.29) is 36.0 Å². The van der Waals surface area contributed by atoms with E-state index in [9.17, 15) is 14.7 Å². The summed E-state index contributed by atoms with van der Waals surface area (Å²) in [5, 5.41) is 12.8. The number of carbonyl (C=O) groups excluding carboxylic acids is 2. The van der Waals surface area contributed by atoms with E-state index in [1.54, 1.807) is 7.11 Å². The van der Waals surface area contributed by atoms with Gasteiger partial charge in [0.05, 0.1) is 13.2 Å². The number of likely N-dealkylation sites (N-methyl/N-ethyl adjacent to an activating group) is 1. The third-order valence-corrected chi connectivity index (χ3v) is 7.40. The predicted octanol–water partition coefficient (Wildman–Crippen LogP) is 0.832. The van der Waals surface area contributed by atoms with Crippen LogP contribution in [-0.4, -0.2) is 96.2 Å². The van der Waals surface area contributed by atoms with Gasteiger partial charge >= 0.3 is 0 Å². The largest absolute Gasteiger partial charge is 0.497 e. The summed E-state index contributed by atoms with van der Waals surface area (Å²) in [7, 11) is 3.76. The highest BCUT2D eigenvalue weighted by atomic mass is 16.5. The zero-order chi connectivity index (χ0) is 22.7. The Morgan fingerprint density at radius 2 is 1.88 bits per heavy atom. The highest BCUT2D eigenvalue weighted by Gasteiger charge is 2.45. The van der Waals surface area contributed by atoms with E-state index in [1.165, 1.54) is 5.56 Å². The summed E-state index contributed by atoms with van der Waals surface area (Å²) in [6, 6.07) is 8.15. The average Bonchev–Trinajstić information content (AvgIpc) is 3.18. The lowest BCUT2D eigenvalue weighted by molar-refractivity contribution is -0.133. The predicted molar refractivity (Wildman–Crippen MR) is 121 cm³/mol. The Labute approximate surface area is 190 Å². The molecular formula is C24H36N4O4. The summed E-state index contributed by atoms with van der Waals surface area (Å²) in [5.41, 5.74) is 1.17. The highest BCUT2D eigenvalue weighted by molar-refractivity contribution is 5.83. The van der Waals surface area contributed by atoms with Gasteiger partial charge in [0.15, 0.2) is 0 Å². The number of hydrogen-bond donors (Lipinski definition) is 2. The number of carbonyl (C=O) groups is 2. The second kappa shape index (κ2) is 10.2. The summed E-state index contributed by atoms with van der Waals surface area (Å²) in [5.74, 6) is 1.08. The lowest BCUT2D eigenvalue weighted by atomic mass is 10.0. The first-order chi connectivity index (χ1) is 15.5. The monoisotopic (exact) mass is 444 g/mol. The van der Waals surface area contributed by atoms with E-state index in [0.717, 1.165) is 31.7 Å². The number of fused-ring (bicyclic) bond motifs is 1. The van der Waals surface area contributed by atoms with E-state index in [1.807, 2.05) is 17.0 Å². The van der Waals surface area contributed by atoms with Crippen molar-refractivity contribution in [2.45, 2.75) is 62.9 Å². The molecule has 0 radical (unpaired) electrons. The topological polar surface area (TPSA) is 85.3 Å². The Morgan fingerprint density at radius 1 is 1.16 bits per heavy atom. The smallest absolute Gasteiger partial charge is 0.239 e. The minimum absolute atomic E-state index is 0.0895. The Bertz CT molecular complexity index is 794. The van der Waals surface area contributed by atoms with Crippen molar-refractivity contribution in [3.63, 3.8) is 0 Å². The molecule has 2 N–H and O–H groups in total. The van der Waals surface area contributed by atoms with Gasteiger partial charge in [-0.15, -0.1) is 0 Å². The lowest BCUT2D eigenvalue weighted by Gasteiger charge is -2.34. The van der Waals surface area contributed by atoms with E-state index in [2.05, 4.69) is 34.3 Å². The first-order valence-corrected chi connectivity index (χ1v) is 11.8. The van der Waals surface area contributed by atoms with Gasteiger partial charge < -0.3 is 20.1 Å². The van der Waals surface area contributed by atoms with Crippen LogP contribution in [0, 0.1) is 0 Å². The van der Waals surface area contributed by atoms with Gasteiger partial charge in [0.25, 0.3) is 0 Å². The standard InChI is InChI=1S/C24H36N4O4/c1-26-18(5-8-22(30)27-12-9-19(29)10-13-27)15-25-24(31)23-21(26)11-14-28(23)16-17-3-6-20(32-2)7-4-17/h3-4,6-7,18-19,21,23,29H,5,8-16H2,1-2H3,(H,25,31)/t18-,21-,23-/m0/s1. The van der Waals surface area contributed by atoms with Gasteiger partial charge in [0.1, 0.15) is 11.8 Å². The molecule has 8 nitrogen and oxygen atoms in total. The fraction of sp³-hybridized carbons (Fsp3) is 0.667. The van der Waals surface area contributed by atoms with Gasteiger partial charge in [-0.3, -0.25) is 19.4 Å². The van der Waals surface area contributed by atoms with Crippen LogP contribution in [0.2, 0.25) is 0 Å². The molecule has 3 aliphatic rings. The van der Waals surface area contributed by atoms with Crippen LogP contribution in [0.25, 0.3) is 0 Å². The minimum atomic E-state index is -0.276. The summed E-state index contributed by atoms with van der Waals surface area (Å²) >= 11 is 0. The van der Waals surface area contributed by atoms with Gasteiger partial charge in [0, 0.05) is 51.2 Å². The fourth-order valence-electron chi connectivity index (χ4n) is 5.36. The van der Waals surface area contributed by atoms with Crippen molar-refractivity contribution in [2.75, 3.05) is 40.3 Å². The molecule has 0 aliphatic carbocycles. The number of likely N-dealkylation sites (tertiary alicyclic amines) is 2. The van der Waals surface area contributed by atoms with Crippen LogP contribution >= 0.6 is 0 Å². The maximum atomic E-state index is 13.0. The van der Waals surface area contributed by atoms with Crippen LogP contribution in [0.5, 0.6) is 5.75 Å². The zero-order valence-corrected chi connectivity index (χ0v) is 19.2. The molecule has 176 valence electrons. The number of piperidine rings is 1. The third kappa shape index (κ3) is 5.08. The highest BCUT2D eigenvalue weighted by Crippen LogP contribution is 2.29. The molecule has 1 aromatic rings. The van der Waals surface area contributed by atoms with Gasteiger partial charge in [-0.25, -0.2) is 0 Å². The van der Waals surface area contributed by atoms with Gasteiger partial charge in [-0.2, -0.15) is 0 Å². The van der Waals surface area contributed by atoms with Gasteiger partial charge in [-0.05, 0) is 50.4 Å². The van der Waals surface area contributed by atoms with Crippen molar-refractivity contribution in [3.8, 4) is 5.75 Å². The Hall–Kier alpha value is -2.16. The zero-order valence-electron chi connectivity index (χ0n) is 19.2. The molecular weight excluding hydrogens is 408 g/mol. The SMILES string of the molecule is COc1ccc(CN2CC[C@H]3[C@H]2C(=O)NC[C@H](CCC(=O)N2CCC(O)CC2)N3C)cc1. The number of nitrogens with zero attached hydrogens (tertiary/aromatic N) is 3. The van der Waals surface area contributed by atoms with Crippen LogP contribution < -0.4 is 10.1 Å².